The van der Waals surface area contributed by atoms with E-state index in [-0.39, 0.29) is 0 Å². The Bertz CT molecular complexity index is 635. The molecule has 0 heterocycles. The Balaban J connectivity index is 2.48. The van der Waals surface area contributed by atoms with Crippen LogP contribution in [0.1, 0.15) is 16.7 Å². The summed E-state index contributed by atoms with van der Waals surface area (Å²) < 4.78 is 0. The van der Waals surface area contributed by atoms with Gasteiger partial charge in [-0.3, -0.25) is 0 Å². The van der Waals surface area contributed by atoms with Crippen molar-refractivity contribution in [1.29, 1.82) is 0 Å². The summed E-state index contributed by atoms with van der Waals surface area (Å²) in [4.78, 5) is 3.45. The second-order valence-corrected chi connectivity index (χ2v) is 3.99. The second-order valence-electron chi connectivity index (χ2n) is 3.99. The van der Waals surface area contributed by atoms with Crippen molar-refractivity contribution in [3.8, 4) is 11.1 Å². The number of hydrogen-bond acceptors (Lipinski definition) is 0. The lowest BCUT2D eigenvalue weighted by atomic mass is 10.0. The molecule has 1 aliphatic carbocycles. The summed E-state index contributed by atoms with van der Waals surface area (Å²) in [7, 11) is 0. The van der Waals surface area contributed by atoms with Crippen molar-refractivity contribution in [2.75, 3.05) is 0 Å². The molecule has 0 spiro atoms. The third-order valence-corrected chi connectivity index (χ3v) is 3.08. The molecule has 2 aromatic carbocycles. The highest BCUT2D eigenvalue weighted by Gasteiger charge is 2.31. The fourth-order valence-electron chi connectivity index (χ4n) is 2.37. The topological polar surface area (TPSA) is 36.4 Å². The van der Waals surface area contributed by atoms with Gasteiger partial charge in [0, 0.05) is 0 Å². The number of aryl methyl sites for hydroxylation is 1. The van der Waals surface area contributed by atoms with Crippen LogP contribution in [0, 0.1) is 6.92 Å². The van der Waals surface area contributed by atoms with Gasteiger partial charge in [0.05, 0.1) is 11.1 Å². The van der Waals surface area contributed by atoms with Gasteiger partial charge < -0.3 is 5.53 Å². The fourth-order valence-corrected chi connectivity index (χ4v) is 2.37. The Morgan fingerprint density at radius 2 is 1.56 bits per heavy atom. The van der Waals surface area contributed by atoms with Crippen LogP contribution in [0.2, 0.25) is 0 Å². The first-order valence-corrected chi connectivity index (χ1v) is 5.24. The minimum atomic E-state index is 0.684. The quantitative estimate of drug-likeness (QED) is 0.400. The molecule has 2 nitrogen and oxygen atoms in total. The molecule has 0 saturated carbocycles. The van der Waals surface area contributed by atoms with Crippen LogP contribution in [0.4, 0.5) is 0 Å². The zero-order valence-electron chi connectivity index (χ0n) is 8.94. The van der Waals surface area contributed by atoms with E-state index in [0.717, 1.165) is 27.8 Å². The molecule has 0 radical (unpaired) electrons. The number of rotatable bonds is 0. The molecule has 0 bridgehead atoms. The molecular weight excluding hydrogens is 196 g/mol. The van der Waals surface area contributed by atoms with Gasteiger partial charge in [-0.25, -0.2) is 0 Å². The average molecular weight is 206 g/mol. The van der Waals surface area contributed by atoms with Crippen LogP contribution >= 0.6 is 0 Å². The summed E-state index contributed by atoms with van der Waals surface area (Å²) >= 11 is 0. The van der Waals surface area contributed by atoms with Gasteiger partial charge in [-0.15, -0.1) is 0 Å². The SMILES string of the molecule is Cc1cccc2c1C(=[N+]=[N-])c1ccccc1-2. The van der Waals surface area contributed by atoms with Crippen LogP contribution < -0.4 is 0 Å². The van der Waals surface area contributed by atoms with E-state index < -0.39 is 0 Å². The van der Waals surface area contributed by atoms with Crippen molar-refractivity contribution in [3.05, 3.63) is 64.7 Å². The van der Waals surface area contributed by atoms with Crippen LogP contribution in [0.3, 0.4) is 0 Å². The van der Waals surface area contributed by atoms with Gasteiger partial charge in [0.1, 0.15) is 0 Å². The van der Waals surface area contributed by atoms with E-state index in [1.54, 1.807) is 0 Å². The molecular formula is C14H10N2. The third kappa shape index (κ3) is 1.02. The van der Waals surface area contributed by atoms with Gasteiger partial charge in [0.25, 0.3) is 0 Å². The van der Waals surface area contributed by atoms with Gasteiger partial charge in [-0.1, -0.05) is 36.4 Å². The van der Waals surface area contributed by atoms with Gasteiger partial charge >= 0.3 is 5.71 Å². The van der Waals surface area contributed by atoms with Crippen molar-refractivity contribution in [2.45, 2.75) is 6.92 Å². The minimum absolute atomic E-state index is 0.684. The predicted molar refractivity (Wildman–Crippen MR) is 63.4 cm³/mol. The van der Waals surface area contributed by atoms with E-state index in [0.29, 0.717) is 5.71 Å². The first-order valence-electron chi connectivity index (χ1n) is 5.24. The smallest absolute Gasteiger partial charge is 0.331 e. The summed E-state index contributed by atoms with van der Waals surface area (Å²) in [5.41, 5.74) is 15.4. The number of hydrogen-bond donors (Lipinski definition) is 0. The van der Waals surface area contributed by atoms with Crippen LogP contribution in [-0.4, -0.2) is 10.5 Å². The molecule has 0 fully saturated rings. The average Bonchev–Trinajstić information content (AvgIpc) is 2.65. The summed E-state index contributed by atoms with van der Waals surface area (Å²) in [6.45, 7) is 2.04. The standard InChI is InChI=1S/C14H10N2/c1-9-5-4-8-11-10-6-2-3-7-12(10)14(16-15)13(9)11/h2-8H,1H3. The molecule has 2 aromatic rings. The van der Waals surface area contributed by atoms with E-state index in [1.165, 1.54) is 0 Å². The second kappa shape index (κ2) is 3.16. The Morgan fingerprint density at radius 3 is 2.31 bits per heavy atom. The number of fused-ring (bicyclic) bond motifs is 3. The first kappa shape index (κ1) is 9.08. The van der Waals surface area contributed by atoms with Gasteiger partial charge in [0.15, 0.2) is 0 Å². The van der Waals surface area contributed by atoms with E-state index in [2.05, 4.69) is 16.9 Å². The molecule has 2 heteroatoms. The van der Waals surface area contributed by atoms with Gasteiger partial charge in [-0.05, 0) is 29.7 Å². The normalized spacial score (nSPS) is 11.9. The van der Waals surface area contributed by atoms with E-state index in [1.807, 2.05) is 37.3 Å². The monoisotopic (exact) mass is 206 g/mol. The maximum atomic E-state index is 9.17. The molecule has 76 valence electrons. The highest BCUT2D eigenvalue weighted by Crippen LogP contribution is 2.37. The summed E-state index contributed by atoms with van der Waals surface area (Å²) in [6.07, 6.45) is 0. The lowest BCUT2D eigenvalue weighted by molar-refractivity contribution is -0.00246. The third-order valence-electron chi connectivity index (χ3n) is 3.08. The first-order chi connectivity index (χ1) is 7.83. The predicted octanol–water partition coefficient (Wildman–Crippen LogP) is 3.04. The van der Waals surface area contributed by atoms with Crippen LogP contribution in [0.25, 0.3) is 16.7 Å². The van der Waals surface area contributed by atoms with Crippen LogP contribution in [-0.2, 0) is 0 Å². The van der Waals surface area contributed by atoms with E-state index >= 15 is 0 Å². The van der Waals surface area contributed by atoms with Crippen LogP contribution in [0.5, 0.6) is 0 Å². The molecule has 0 N–H and O–H groups in total. The molecule has 0 amide bonds. The minimum Gasteiger partial charge on any atom is -0.361 e. The molecule has 0 aliphatic heterocycles. The number of benzene rings is 2. The van der Waals surface area contributed by atoms with Crippen molar-refractivity contribution < 1.29 is 4.79 Å². The summed E-state index contributed by atoms with van der Waals surface area (Å²) in [6, 6.07) is 14.2. The highest BCUT2D eigenvalue weighted by molar-refractivity contribution is 6.22. The van der Waals surface area contributed by atoms with Crippen molar-refractivity contribution >= 4 is 5.71 Å². The maximum Gasteiger partial charge on any atom is 0.331 e. The molecule has 0 saturated heterocycles. The summed E-state index contributed by atoms with van der Waals surface area (Å²) in [5.74, 6) is 0. The maximum absolute atomic E-state index is 9.17. The Labute approximate surface area is 93.8 Å². The number of nitrogens with zero attached hydrogens (tertiary/aromatic N) is 2. The summed E-state index contributed by atoms with van der Waals surface area (Å²) in [5, 5.41) is 0. The molecule has 0 atom stereocenters. The lowest BCUT2D eigenvalue weighted by Crippen LogP contribution is -2.01. The zero-order chi connectivity index (χ0) is 11.1. The Morgan fingerprint density at radius 1 is 0.875 bits per heavy atom. The molecule has 0 unspecified atom stereocenters. The van der Waals surface area contributed by atoms with E-state index in [4.69, 9.17) is 0 Å². The lowest BCUT2D eigenvalue weighted by Gasteiger charge is -1.99. The Kier molecular flexibility index (Phi) is 1.79. The molecule has 3 rings (SSSR count). The van der Waals surface area contributed by atoms with Crippen molar-refractivity contribution in [3.63, 3.8) is 0 Å². The van der Waals surface area contributed by atoms with Gasteiger partial charge in [-0.2, -0.15) is 4.79 Å². The molecule has 16 heavy (non-hydrogen) atoms. The molecule has 1 aliphatic rings. The van der Waals surface area contributed by atoms with E-state index in [9.17, 15) is 5.53 Å². The zero-order valence-corrected chi connectivity index (χ0v) is 8.94. The fraction of sp³-hybridized carbons (Fsp3) is 0.0714. The van der Waals surface area contributed by atoms with Crippen LogP contribution in [0.15, 0.2) is 42.5 Å². The van der Waals surface area contributed by atoms with Crippen molar-refractivity contribution in [1.82, 2.24) is 0 Å². The molecule has 0 aromatic heterocycles. The van der Waals surface area contributed by atoms with Crippen molar-refractivity contribution in [2.24, 2.45) is 0 Å². The highest BCUT2D eigenvalue weighted by atomic mass is 14.9. The van der Waals surface area contributed by atoms with Gasteiger partial charge in [0.2, 0.25) is 0 Å². The Hall–Kier alpha value is -2.18. The largest absolute Gasteiger partial charge is 0.361 e.